The van der Waals surface area contributed by atoms with Crippen molar-refractivity contribution in [1.82, 2.24) is 4.31 Å². The number of piperidine rings is 1. The van der Waals surface area contributed by atoms with Crippen LogP contribution >= 0.6 is 0 Å². The van der Waals surface area contributed by atoms with Crippen LogP contribution in [-0.2, 0) is 20.2 Å². The number of sulfonamides is 1. The molecule has 1 aliphatic rings. The van der Waals surface area contributed by atoms with Crippen LogP contribution in [0.4, 0.5) is 5.69 Å². The molecule has 3 N–H and O–H groups in total. The molecular formula is C12H19N3O4S2. The summed E-state index contributed by atoms with van der Waals surface area (Å²) in [6.07, 6.45) is 1.64. The first-order chi connectivity index (χ1) is 9.68. The molecule has 1 heterocycles. The van der Waals surface area contributed by atoms with Gasteiger partial charge in [0, 0.05) is 13.1 Å². The van der Waals surface area contributed by atoms with Gasteiger partial charge in [-0.15, -0.1) is 0 Å². The van der Waals surface area contributed by atoms with E-state index in [9.17, 15) is 16.8 Å². The number of rotatable bonds is 4. The Morgan fingerprint density at radius 3 is 2.38 bits per heavy atom. The Morgan fingerprint density at radius 2 is 1.81 bits per heavy atom. The Labute approximate surface area is 125 Å². The zero-order chi connectivity index (χ0) is 15.7. The molecule has 0 bridgehead atoms. The highest BCUT2D eigenvalue weighted by molar-refractivity contribution is 7.90. The summed E-state index contributed by atoms with van der Waals surface area (Å²) in [7, 11) is -7.54. The zero-order valence-electron chi connectivity index (χ0n) is 11.7. The standard InChI is InChI=1S/C12H19N3O4S2/c1-10-5-7-15(8-6-10)21(18,19)14-11-3-2-4-12(9-11)20(13,16)17/h2-4,9-10,14H,5-8H2,1H3,(H2,13,16,17). The smallest absolute Gasteiger partial charge is 0.271 e. The van der Waals surface area contributed by atoms with E-state index in [2.05, 4.69) is 11.6 Å². The lowest BCUT2D eigenvalue weighted by Gasteiger charge is -2.29. The third-order valence-corrected chi connectivity index (χ3v) is 5.94. The van der Waals surface area contributed by atoms with Gasteiger partial charge in [-0.1, -0.05) is 13.0 Å². The first-order valence-corrected chi connectivity index (χ1v) is 9.58. The molecule has 0 saturated carbocycles. The van der Waals surface area contributed by atoms with Gasteiger partial charge in [0.2, 0.25) is 10.0 Å². The Morgan fingerprint density at radius 1 is 1.19 bits per heavy atom. The predicted octanol–water partition coefficient (Wildman–Crippen LogP) is 0.723. The summed E-state index contributed by atoms with van der Waals surface area (Å²) < 4.78 is 50.8. The summed E-state index contributed by atoms with van der Waals surface area (Å²) in [5.41, 5.74) is 0.181. The van der Waals surface area contributed by atoms with Gasteiger partial charge in [0.15, 0.2) is 0 Å². The molecule has 1 saturated heterocycles. The summed E-state index contributed by atoms with van der Waals surface area (Å²) >= 11 is 0. The molecule has 118 valence electrons. The third kappa shape index (κ3) is 4.16. The Kier molecular flexibility index (Phi) is 4.57. The van der Waals surface area contributed by atoms with Crippen LogP contribution in [0.25, 0.3) is 0 Å². The maximum absolute atomic E-state index is 12.3. The summed E-state index contributed by atoms with van der Waals surface area (Å²) in [6.45, 7) is 3.02. The van der Waals surface area contributed by atoms with Gasteiger partial charge in [-0.2, -0.15) is 12.7 Å². The summed E-state index contributed by atoms with van der Waals surface area (Å²) in [5.74, 6) is 0.516. The number of hydrogen-bond donors (Lipinski definition) is 2. The fourth-order valence-corrected chi connectivity index (χ4v) is 3.98. The first kappa shape index (κ1) is 16.2. The van der Waals surface area contributed by atoms with Gasteiger partial charge in [-0.3, -0.25) is 4.72 Å². The van der Waals surface area contributed by atoms with E-state index in [1.165, 1.54) is 28.6 Å². The van der Waals surface area contributed by atoms with E-state index in [4.69, 9.17) is 5.14 Å². The van der Waals surface area contributed by atoms with Gasteiger partial charge in [-0.05, 0) is 37.0 Å². The molecule has 1 aliphatic heterocycles. The lowest BCUT2D eigenvalue weighted by Crippen LogP contribution is -2.41. The third-order valence-electron chi connectivity index (χ3n) is 3.49. The van der Waals surface area contributed by atoms with Gasteiger partial charge in [0.05, 0.1) is 10.6 Å². The van der Waals surface area contributed by atoms with Gasteiger partial charge in [0.25, 0.3) is 0 Å². The van der Waals surface area contributed by atoms with Crippen molar-refractivity contribution in [2.24, 2.45) is 11.1 Å². The molecule has 0 spiro atoms. The number of primary sulfonamides is 1. The lowest BCUT2D eigenvalue weighted by molar-refractivity contribution is 0.289. The molecule has 1 aromatic rings. The van der Waals surface area contributed by atoms with Gasteiger partial charge in [0.1, 0.15) is 0 Å². The second-order valence-electron chi connectivity index (χ2n) is 5.26. The maximum Gasteiger partial charge on any atom is 0.301 e. The van der Waals surface area contributed by atoms with Crippen molar-refractivity contribution in [2.45, 2.75) is 24.7 Å². The van der Waals surface area contributed by atoms with Gasteiger partial charge in [-0.25, -0.2) is 13.6 Å². The minimum Gasteiger partial charge on any atom is -0.271 e. The Balaban J connectivity index is 2.17. The molecule has 9 heteroatoms. The molecular weight excluding hydrogens is 314 g/mol. The van der Waals surface area contributed by atoms with Gasteiger partial charge < -0.3 is 0 Å². The average Bonchev–Trinajstić information content (AvgIpc) is 2.38. The number of nitrogens with one attached hydrogen (secondary N) is 1. The van der Waals surface area contributed by atoms with Crippen molar-refractivity contribution >= 4 is 25.9 Å². The molecule has 2 rings (SSSR count). The molecule has 0 unspecified atom stereocenters. The number of benzene rings is 1. The monoisotopic (exact) mass is 333 g/mol. The fourth-order valence-electron chi connectivity index (χ4n) is 2.18. The molecule has 0 aliphatic carbocycles. The van der Waals surface area contributed by atoms with Crippen LogP contribution in [0.5, 0.6) is 0 Å². The number of nitrogens with two attached hydrogens (primary N) is 1. The topological polar surface area (TPSA) is 110 Å². The predicted molar refractivity (Wildman–Crippen MR) is 80.3 cm³/mol. The fraction of sp³-hybridized carbons (Fsp3) is 0.500. The number of nitrogens with zero attached hydrogens (tertiary/aromatic N) is 1. The van der Waals surface area contributed by atoms with Crippen molar-refractivity contribution in [1.29, 1.82) is 0 Å². The minimum absolute atomic E-state index is 0.130. The van der Waals surface area contributed by atoms with Crippen molar-refractivity contribution in [3.63, 3.8) is 0 Å². The van der Waals surface area contributed by atoms with Crippen LogP contribution in [-0.4, -0.2) is 34.2 Å². The molecule has 21 heavy (non-hydrogen) atoms. The second-order valence-corrected chi connectivity index (χ2v) is 8.49. The second kappa shape index (κ2) is 5.91. The molecule has 0 radical (unpaired) electrons. The lowest BCUT2D eigenvalue weighted by atomic mass is 10.0. The Bertz CT molecular complexity index is 708. The van der Waals surface area contributed by atoms with Crippen LogP contribution in [0.3, 0.4) is 0 Å². The highest BCUT2D eigenvalue weighted by Crippen LogP contribution is 2.21. The molecule has 0 aromatic heterocycles. The van der Waals surface area contributed by atoms with Crippen molar-refractivity contribution in [2.75, 3.05) is 17.8 Å². The van der Waals surface area contributed by atoms with Crippen molar-refractivity contribution in [3.8, 4) is 0 Å². The summed E-state index contributed by atoms with van der Waals surface area (Å²) in [4.78, 5) is -0.130. The number of anilines is 1. The van der Waals surface area contributed by atoms with E-state index < -0.39 is 20.2 Å². The largest absolute Gasteiger partial charge is 0.301 e. The normalized spacial score (nSPS) is 18.6. The maximum atomic E-state index is 12.3. The van der Waals surface area contributed by atoms with Crippen LogP contribution in [0.2, 0.25) is 0 Å². The SMILES string of the molecule is CC1CCN(S(=O)(=O)Nc2cccc(S(N)(=O)=O)c2)CC1. The molecule has 0 atom stereocenters. The average molecular weight is 333 g/mol. The molecule has 0 amide bonds. The van der Waals surface area contributed by atoms with E-state index >= 15 is 0 Å². The minimum atomic E-state index is -3.86. The van der Waals surface area contributed by atoms with E-state index in [0.29, 0.717) is 19.0 Å². The van der Waals surface area contributed by atoms with E-state index in [0.717, 1.165) is 12.8 Å². The van der Waals surface area contributed by atoms with Crippen LogP contribution in [0, 0.1) is 5.92 Å². The summed E-state index contributed by atoms with van der Waals surface area (Å²) in [6, 6.07) is 5.45. The molecule has 1 fully saturated rings. The first-order valence-electron chi connectivity index (χ1n) is 6.59. The highest BCUT2D eigenvalue weighted by Gasteiger charge is 2.26. The Hall–Kier alpha value is -1.16. The molecule has 1 aromatic carbocycles. The zero-order valence-corrected chi connectivity index (χ0v) is 13.3. The van der Waals surface area contributed by atoms with E-state index in [1.807, 2.05) is 0 Å². The van der Waals surface area contributed by atoms with Crippen LogP contribution < -0.4 is 9.86 Å². The van der Waals surface area contributed by atoms with Crippen LogP contribution in [0.1, 0.15) is 19.8 Å². The summed E-state index contributed by atoms with van der Waals surface area (Å²) in [5, 5.41) is 5.03. The molecule has 7 nitrogen and oxygen atoms in total. The number of hydrogen-bond acceptors (Lipinski definition) is 4. The van der Waals surface area contributed by atoms with Gasteiger partial charge >= 0.3 is 10.2 Å². The van der Waals surface area contributed by atoms with Crippen LogP contribution in [0.15, 0.2) is 29.2 Å². The van der Waals surface area contributed by atoms with Crippen molar-refractivity contribution < 1.29 is 16.8 Å². The van der Waals surface area contributed by atoms with E-state index in [-0.39, 0.29) is 10.6 Å². The van der Waals surface area contributed by atoms with Crippen molar-refractivity contribution in [3.05, 3.63) is 24.3 Å². The quantitative estimate of drug-likeness (QED) is 0.846. The highest BCUT2D eigenvalue weighted by atomic mass is 32.2. The van der Waals surface area contributed by atoms with E-state index in [1.54, 1.807) is 0 Å².